The van der Waals surface area contributed by atoms with Crippen molar-refractivity contribution in [3.05, 3.63) is 17.8 Å². The summed E-state index contributed by atoms with van der Waals surface area (Å²) < 4.78 is 5.56. The van der Waals surface area contributed by atoms with Crippen LogP contribution < -0.4 is 10.1 Å². The largest absolute Gasteiger partial charge is 0.477 e. The fraction of sp³-hybridized carbons (Fsp3) is 0.692. The molecule has 94 valence electrons. The predicted octanol–water partition coefficient (Wildman–Crippen LogP) is 1.94. The van der Waals surface area contributed by atoms with E-state index in [4.69, 9.17) is 4.74 Å². The maximum atomic E-state index is 5.56. The zero-order valence-electron chi connectivity index (χ0n) is 10.5. The standard InChI is InChI=1S/C13H21N3O/c1-11-6-7-13(16-15-11)17-9-3-5-12-4-2-8-14-10-12/h6-7,12,14H,2-5,8-10H2,1H3. The Kier molecular flexibility index (Phi) is 4.74. The van der Waals surface area contributed by atoms with Crippen LogP contribution in [-0.2, 0) is 0 Å². The molecule has 0 amide bonds. The number of nitrogens with one attached hydrogen (secondary N) is 1. The molecular weight excluding hydrogens is 214 g/mol. The first kappa shape index (κ1) is 12.3. The van der Waals surface area contributed by atoms with Crippen molar-refractivity contribution in [2.24, 2.45) is 5.92 Å². The first-order valence-electron chi connectivity index (χ1n) is 6.48. The lowest BCUT2D eigenvalue weighted by Gasteiger charge is -2.22. The molecule has 4 heteroatoms. The van der Waals surface area contributed by atoms with Crippen molar-refractivity contribution in [1.82, 2.24) is 15.5 Å². The smallest absolute Gasteiger partial charge is 0.233 e. The number of piperidine rings is 1. The summed E-state index contributed by atoms with van der Waals surface area (Å²) in [5.74, 6) is 1.47. The Balaban J connectivity index is 1.60. The second-order valence-corrected chi connectivity index (χ2v) is 4.72. The maximum absolute atomic E-state index is 5.56. The van der Waals surface area contributed by atoms with E-state index in [-0.39, 0.29) is 0 Å². The van der Waals surface area contributed by atoms with Gasteiger partial charge in [-0.05, 0) is 57.7 Å². The molecule has 0 spiro atoms. The molecule has 1 aliphatic rings. The highest BCUT2D eigenvalue weighted by molar-refractivity contribution is 5.09. The Bertz CT molecular complexity index is 320. The van der Waals surface area contributed by atoms with Crippen molar-refractivity contribution in [1.29, 1.82) is 0 Å². The molecule has 1 aliphatic heterocycles. The molecule has 2 rings (SSSR count). The number of aromatic nitrogens is 2. The molecule has 1 N–H and O–H groups in total. The summed E-state index contributed by atoms with van der Waals surface area (Å²) in [6, 6.07) is 3.80. The Morgan fingerprint density at radius 1 is 1.41 bits per heavy atom. The first-order valence-corrected chi connectivity index (χ1v) is 6.48. The van der Waals surface area contributed by atoms with E-state index in [1.807, 2.05) is 19.1 Å². The molecule has 1 aromatic heterocycles. The Labute approximate surface area is 103 Å². The average Bonchev–Trinajstić information content (AvgIpc) is 2.38. The molecule has 0 bridgehead atoms. The minimum atomic E-state index is 0.636. The van der Waals surface area contributed by atoms with E-state index < -0.39 is 0 Å². The molecule has 1 aromatic rings. The van der Waals surface area contributed by atoms with Gasteiger partial charge in [0.2, 0.25) is 5.88 Å². The minimum Gasteiger partial charge on any atom is -0.477 e. The van der Waals surface area contributed by atoms with Gasteiger partial charge in [0.15, 0.2) is 0 Å². The Morgan fingerprint density at radius 3 is 3.06 bits per heavy atom. The topological polar surface area (TPSA) is 47.0 Å². The summed E-state index contributed by atoms with van der Waals surface area (Å²) >= 11 is 0. The second-order valence-electron chi connectivity index (χ2n) is 4.72. The third-order valence-electron chi connectivity index (χ3n) is 3.18. The van der Waals surface area contributed by atoms with Gasteiger partial charge in [-0.1, -0.05) is 0 Å². The number of nitrogens with zero attached hydrogens (tertiary/aromatic N) is 2. The number of aryl methyl sites for hydroxylation is 1. The molecule has 4 nitrogen and oxygen atoms in total. The highest BCUT2D eigenvalue weighted by Gasteiger charge is 2.12. The van der Waals surface area contributed by atoms with Gasteiger partial charge in [-0.25, -0.2) is 0 Å². The van der Waals surface area contributed by atoms with Crippen LogP contribution in [0.5, 0.6) is 5.88 Å². The van der Waals surface area contributed by atoms with Crippen LogP contribution in [0.4, 0.5) is 0 Å². The van der Waals surface area contributed by atoms with Crippen LogP contribution >= 0.6 is 0 Å². The monoisotopic (exact) mass is 235 g/mol. The molecule has 0 aliphatic carbocycles. The van der Waals surface area contributed by atoms with E-state index in [2.05, 4.69) is 15.5 Å². The van der Waals surface area contributed by atoms with Crippen molar-refractivity contribution in [2.75, 3.05) is 19.7 Å². The zero-order chi connectivity index (χ0) is 11.9. The fourth-order valence-electron chi connectivity index (χ4n) is 2.18. The Morgan fingerprint density at radius 2 is 2.35 bits per heavy atom. The van der Waals surface area contributed by atoms with E-state index in [0.717, 1.165) is 24.6 Å². The van der Waals surface area contributed by atoms with Gasteiger partial charge in [0.25, 0.3) is 0 Å². The number of ether oxygens (including phenoxy) is 1. The molecular formula is C13H21N3O. The van der Waals surface area contributed by atoms with Gasteiger partial charge in [0.05, 0.1) is 12.3 Å². The first-order chi connectivity index (χ1) is 8.34. The van der Waals surface area contributed by atoms with Gasteiger partial charge in [0, 0.05) is 6.07 Å². The lowest BCUT2D eigenvalue weighted by Crippen LogP contribution is -2.29. The highest BCUT2D eigenvalue weighted by atomic mass is 16.5. The zero-order valence-corrected chi connectivity index (χ0v) is 10.5. The lowest BCUT2D eigenvalue weighted by atomic mass is 9.95. The van der Waals surface area contributed by atoms with Crippen LogP contribution in [0, 0.1) is 12.8 Å². The second kappa shape index (κ2) is 6.55. The van der Waals surface area contributed by atoms with Crippen molar-refractivity contribution in [2.45, 2.75) is 32.6 Å². The van der Waals surface area contributed by atoms with Crippen LogP contribution in [-0.4, -0.2) is 29.9 Å². The molecule has 2 heterocycles. The fourth-order valence-corrected chi connectivity index (χ4v) is 2.18. The maximum Gasteiger partial charge on any atom is 0.233 e. The molecule has 0 radical (unpaired) electrons. The van der Waals surface area contributed by atoms with E-state index in [9.17, 15) is 0 Å². The molecule has 1 saturated heterocycles. The third-order valence-corrected chi connectivity index (χ3v) is 3.18. The summed E-state index contributed by atoms with van der Waals surface area (Å²) in [6.07, 6.45) is 5.01. The molecule has 1 unspecified atom stereocenters. The summed E-state index contributed by atoms with van der Waals surface area (Å²) in [5, 5.41) is 11.4. The third kappa shape index (κ3) is 4.30. The normalized spacial score (nSPS) is 20.2. The molecule has 1 atom stereocenters. The summed E-state index contributed by atoms with van der Waals surface area (Å²) in [6.45, 7) is 5.03. The molecule has 17 heavy (non-hydrogen) atoms. The van der Waals surface area contributed by atoms with E-state index in [0.29, 0.717) is 5.88 Å². The lowest BCUT2D eigenvalue weighted by molar-refractivity contribution is 0.266. The molecule has 0 aromatic carbocycles. The summed E-state index contributed by atoms with van der Waals surface area (Å²) in [7, 11) is 0. The number of hydrogen-bond donors (Lipinski definition) is 1. The summed E-state index contributed by atoms with van der Waals surface area (Å²) in [5.41, 5.74) is 0.922. The van der Waals surface area contributed by atoms with Crippen LogP contribution in [0.2, 0.25) is 0 Å². The summed E-state index contributed by atoms with van der Waals surface area (Å²) in [4.78, 5) is 0. The molecule has 1 fully saturated rings. The predicted molar refractivity (Wildman–Crippen MR) is 67.1 cm³/mol. The van der Waals surface area contributed by atoms with Crippen molar-refractivity contribution >= 4 is 0 Å². The van der Waals surface area contributed by atoms with Gasteiger partial charge in [0.1, 0.15) is 0 Å². The number of hydrogen-bond acceptors (Lipinski definition) is 4. The Hall–Kier alpha value is -1.16. The van der Waals surface area contributed by atoms with Crippen LogP contribution in [0.3, 0.4) is 0 Å². The van der Waals surface area contributed by atoms with Gasteiger partial charge in [-0.3, -0.25) is 0 Å². The quantitative estimate of drug-likeness (QED) is 0.792. The van der Waals surface area contributed by atoms with Gasteiger partial charge < -0.3 is 10.1 Å². The van der Waals surface area contributed by atoms with Gasteiger partial charge >= 0.3 is 0 Å². The minimum absolute atomic E-state index is 0.636. The van der Waals surface area contributed by atoms with Crippen LogP contribution in [0.15, 0.2) is 12.1 Å². The van der Waals surface area contributed by atoms with Crippen LogP contribution in [0.1, 0.15) is 31.4 Å². The number of rotatable bonds is 5. The van der Waals surface area contributed by atoms with Crippen molar-refractivity contribution < 1.29 is 4.74 Å². The van der Waals surface area contributed by atoms with E-state index in [1.54, 1.807) is 0 Å². The average molecular weight is 235 g/mol. The van der Waals surface area contributed by atoms with Crippen LogP contribution in [0.25, 0.3) is 0 Å². The van der Waals surface area contributed by atoms with Gasteiger partial charge in [-0.2, -0.15) is 5.10 Å². The highest BCUT2D eigenvalue weighted by Crippen LogP contribution is 2.16. The van der Waals surface area contributed by atoms with Crippen molar-refractivity contribution in [3.63, 3.8) is 0 Å². The van der Waals surface area contributed by atoms with Gasteiger partial charge in [-0.15, -0.1) is 5.10 Å². The molecule has 0 saturated carbocycles. The van der Waals surface area contributed by atoms with E-state index in [1.165, 1.54) is 32.4 Å². The van der Waals surface area contributed by atoms with E-state index >= 15 is 0 Å². The SMILES string of the molecule is Cc1ccc(OCCCC2CCCNC2)nn1. The van der Waals surface area contributed by atoms with Crippen molar-refractivity contribution in [3.8, 4) is 5.88 Å².